The predicted octanol–water partition coefficient (Wildman–Crippen LogP) is 2.14. The van der Waals surface area contributed by atoms with Crippen LogP contribution < -0.4 is 5.32 Å². The molecule has 1 heterocycles. The molecule has 0 unspecified atom stereocenters. The lowest BCUT2D eigenvalue weighted by atomic mass is 9.90. The summed E-state index contributed by atoms with van der Waals surface area (Å²) in [5, 5.41) is 12.5. The maximum Gasteiger partial charge on any atom is 0.416 e. The van der Waals surface area contributed by atoms with Gasteiger partial charge in [0.2, 0.25) is 0 Å². The molecule has 0 bridgehead atoms. The summed E-state index contributed by atoms with van der Waals surface area (Å²) in [6, 6.07) is 5.17. The Labute approximate surface area is 97.5 Å². The third kappa shape index (κ3) is 2.98. The SMILES string of the molecule is O[C@H]1CNC[C@@H](c2ccc(C(F)(F)F)cc2)C1. The van der Waals surface area contributed by atoms with Gasteiger partial charge in [-0.2, -0.15) is 13.2 Å². The highest BCUT2D eigenvalue weighted by Crippen LogP contribution is 2.31. The fourth-order valence-electron chi connectivity index (χ4n) is 2.12. The Morgan fingerprint density at radius 3 is 2.29 bits per heavy atom. The van der Waals surface area contributed by atoms with Crippen molar-refractivity contribution in [1.82, 2.24) is 5.32 Å². The number of aliphatic hydroxyl groups is 1. The fraction of sp³-hybridized carbons (Fsp3) is 0.500. The Morgan fingerprint density at radius 1 is 1.12 bits per heavy atom. The summed E-state index contributed by atoms with van der Waals surface area (Å²) in [4.78, 5) is 0. The van der Waals surface area contributed by atoms with Gasteiger partial charge in [-0.25, -0.2) is 0 Å². The summed E-state index contributed by atoms with van der Waals surface area (Å²) in [7, 11) is 0. The Bertz CT molecular complexity index is 374. The summed E-state index contributed by atoms with van der Waals surface area (Å²) in [5.74, 6) is 0.0843. The fourth-order valence-corrected chi connectivity index (χ4v) is 2.12. The van der Waals surface area contributed by atoms with Crippen molar-refractivity contribution >= 4 is 0 Å². The minimum Gasteiger partial charge on any atom is -0.392 e. The number of alkyl halides is 3. The van der Waals surface area contributed by atoms with Gasteiger partial charge in [0.25, 0.3) is 0 Å². The molecule has 2 N–H and O–H groups in total. The van der Waals surface area contributed by atoms with E-state index in [-0.39, 0.29) is 5.92 Å². The monoisotopic (exact) mass is 245 g/mol. The van der Waals surface area contributed by atoms with Crippen LogP contribution in [0.5, 0.6) is 0 Å². The molecule has 94 valence electrons. The second-order valence-corrected chi connectivity index (χ2v) is 4.36. The summed E-state index contributed by atoms with van der Waals surface area (Å²) in [6.07, 6.45) is -4.11. The van der Waals surface area contributed by atoms with Crippen LogP contribution in [0.1, 0.15) is 23.5 Å². The molecule has 0 saturated carbocycles. The van der Waals surface area contributed by atoms with Gasteiger partial charge in [0.05, 0.1) is 11.7 Å². The zero-order chi connectivity index (χ0) is 12.5. The van der Waals surface area contributed by atoms with Crippen LogP contribution in [0.2, 0.25) is 0 Å². The van der Waals surface area contributed by atoms with Gasteiger partial charge < -0.3 is 10.4 Å². The van der Waals surface area contributed by atoms with Crippen LogP contribution in [-0.2, 0) is 6.18 Å². The molecule has 2 nitrogen and oxygen atoms in total. The highest BCUT2D eigenvalue weighted by atomic mass is 19.4. The predicted molar refractivity (Wildman–Crippen MR) is 57.7 cm³/mol. The van der Waals surface area contributed by atoms with Gasteiger partial charge in [-0.15, -0.1) is 0 Å². The molecule has 1 aliphatic rings. The second-order valence-electron chi connectivity index (χ2n) is 4.36. The van der Waals surface area contributed by atoms with Crippen molar-refractivity contribution in [2.75, 3.05) is 13.1 Å². The molecular formula is C12H14F3NO. The Balaban J connectivity index is 2.12. The van der Waals surface area contributed by atoms with Crippen LogP contribution in [0.4, 0.5) is 13.2 Å². The van der Waals surface area contributed by atoms with E-state index < -0.39 is 17.8 Å². The largest absolute Gasteiger partial charge is 0.416 e. The smallest absolute Gasteiger partial charge is 0.392 e. The van der Waals surface area contributed by atoms with Gasteiger partial charge in [-0.3, -0.25) is 0 Å². The first-order valence-corrected chi connectivity index (χ1v) is 5.53. The molecule has 1 fully saturated rings. The first-order valence-electron chi connectivity index (χ1n) is 5.53. The summed E-state index contributed by atoms with van der Waals surface area (Å²) >= 11 is 0. The zero-order valence-electron chi connectivity index (χ0n) is 9.17. The van der Waals surface area contributed by atoms with Crippen LogP contribution in [0, 0.1) is 0 Å². The lowest BCUT2D eigenvalue weighted by Gasteiger charge is -2.27. The van der Waals surface area contributed by atoms with E-state index in [0.717, 1.165) is 17.7 Å². The molecule has 5 heteroatoms. The third-order valence-corrected chi connectivity index (χ3v) is 3.04. The van der Waals surface area contributed by atoms with Gasteiger partial charge >= 0.3 is 6.18 Å². The van der Waals surface area contributed by atoms with Crippen LogP contribution in [0.25, 0.3) is 0 Å². The molecule has 2 atom stereocenters. The number of halogens is 3. The highest BCUT2D eigenvalue weighted by Gasteiger charge is 2.30. The molecule has 0 amide bonds. The minimum atomic E-state index is -4.29. The lowest BCUT2D eigenvalue weighted by Crippen LogP contribution is -2.38. The van der Waals surface area contributed by atoms with Crippen molar-refractivity contribution in [2.24, 2.45) is 0 Å². The van der Waals surface area contributed by atoms with Gasteiger partial charge in [-0.05, 0) is 30.0 Å². The first kappa shape index (κ1) is 12.4. The van der Waals surface area contributed by atoms with E-state index in [0.29, 0.717) is 19.5 Å². The number of hydrogen-bond donors (Lipinski definition) is 2. The Hall–Kier alpha value is -1.07. The van der Waals surface area contributed by atoms with Crippen molar-refractivity contribution in [3.05, 3.63) is 35.4 Å². The molecule has 17 heavy (non-hydrogen) atoms. The van der Waals surface area contributed by atoms with E-state index in [9.17, 15) is 18.3 Å². The number of rotatable bonds is 1. The number of hydrogen-bond acceptors (Lipinski definition) is 2. The summed E-state index contributed by atoms with van der Waals surface area (Å²) in [5.41, 5.74) is 0.204. The van der Waals surface area contributed by atoms with Crippen LogP contribution >= 0.6 is 0 Å². The molecule has 2 rings (SSSR count). The van der Waals surface area contributed by atoms with Gasteiger partial charge in [0.1, 0.15) is 0 Å². The molecule has 0 spiro atoms. The van der Waals surface area contributed by atoms with Gasteiger partial charge in [0.15, 0.2) is 0 Å². The molecule has 1 aromatic carbocycles. The molecule has 0 aromatic heterocycles. The Morgan fingerprint density at radius 2 is 1.76 bits per heavy atom. The lowest BCUT2D eigenvalue weighted by molar-refractivity contribution is -0.137. The van der Waals surface area contributed by atoms with E-state index in [1.165, 1.54) is 12.1 Å². The molecule has 1 aliphatic heterocycles. The standard InChI is InChI=1S/C12H14F3NO/c13-12(14,15)10-3-1-8(2-4-10)9-5-11(17)7-16-6-9/h1-4,9,11,16-17H,5-7H2/t9-,11+/m0/s1. The quantitative estimate of drug-likeness (QED) is 0.794. The van der Waals surface area contributed by atoms with E-state index in [4.69, 9.17) is 0 Å². The molecule has 1 aromatic rings. The first-order chi connectivity index (χ1) is 7.97. The number of β-amino-alcohol motifs (C(OH)–C–C–N with tert-alkyl or cyclic N) is 1. The molecule has 0 aliphatic carbocycles. The number of aliphatic hydroxyl groups excluding tert-OH is 1. The van der Waals surface area contributed by atoms with Crippen LogP contribution in [-0.4, -0.2) is 24.3 Å². The molecular weight excluding hydrogens is 231 g/mol. The maximum atomic E-state index is 12.4. The van der Waals surface area contributed by atoms with E-state index >= 15 is 0 Å². The molecule has 0 radical (unpaired) electrons. The van der Waals surface area contributed by atoms with Gasteiger partial charge in [0, 0.05) is 13.1 Å². The average Bonchev–Trinajstić information content (AvgIpc) is 2.28. The maximum absolute atomic E-state index is 12.4. The van der Waals surface area contributed by atoms with Crippen molar-refractivity contribution in [3.63, 3.8) is 0 Å². The van der Waals surface area contributed by atoms with Crippen molar-refractivity contribution in [3.8, 4) is 0 Å². The normalized spacial score (nSPS) is 25.9. The van der Waals surface area contributed by atoms with Crippen molar-refractivity contribution in [1.29, 1.82) is 0 Å². The van der Waals surface area contributed by atoms with Crippen molar-refractivity contribution in [2.45, 2.75) is 24.6 Å². The number of benzene rings is 1. The third-order valence-electron chi connectivity index (χ3n) is 3.04. The van der Waals surface area contributed by atoms with Gasteiger partial charge in [-0.1, -0.05) is 12.1 Å². The Kier molecular flexibility index (Phi) is 3.40. The summed E-state index contributed by atoms with van der Waals surface area (Å²) in [6.45, 7) is 1.25. The minimum absolute atomic E-state index is 0.0843. The van der Waals surface area contributed by atoms with Crippen LogP contribution in [0.15, 0.2) is 24.3 Å². The second kappa shape index (κ2) is 4.66. The number of piperidine rings is 1. The topological polar surface area (TPSA) is 32.3 Å². The number of nitrogens with one attached hydrogen (secondary N) is 1. The zero-order valence-corrected chi connectivity index (χ0v) is 9.17. The highest BCUT2D eigenvalue weighted by molar-refractivity contribution is 5.27. The van der Waals surface area contributed by atoms with E-state index in [1.807, 2.05) is 0 Å². The van der Waals surface area contributed by atoms with E-state index in [1.54, 1.807) is 0 Å². The average molecular weight is 245 g/mol. The van der Waals surface area contributed by atoms with Crippen LogP contribution in [0.3, 0.4) is 0 Å². The van der Waals surface area contributed by atoms with Crippen molar-refractivity contribution < 1.29 is 18.3 Å². The summed E-state index contributed by atoms with van der Waals surface area (Å²) < 4.78 is 37.1. The molecule has 1 saturated heterocycles. The van der Waals surface area contributed by atoms with E-state index in [2.05, 4.69) is 5.32 Å².